The molecule has 0 aliphatic heterocycles. The number of allylic oxidation sites excluding steroid dienone is 1. The van der Waals surface area contributed by atoms with Gasteiger partial charge in [-0.3, -0.25) is 4.99 Å². The number of nitrogens with two attached hydrogens (primary N) is 2. The molecule has 0 heterocycles. The average molecular weight is 352 g/mol. The minimum absolute atomic E-state index is 0.143. The van der Waals surface area contributed by atoms with E-state index in [0.717, 1.165) is 38.8 Å². The summed E-state index contributed by atoms with van der Waals surface area (Å²) in [7, 11) is 0. The standard InChI is InChI=1S/C22H45N3/c1-9-19(16(3)4)17(5)21(22(6,7)8)20(10-2)25-15-18(24)13-11-12-14-23/h9,16-19,21H,1,10-15,23-24H2,2-8H3. The first-order chi connectivity index (χ1) is 11.6. The molecule has 0 aliphatic carbocycles. The van der Waals surface area contributed by atoms with E-state index in [1.165, 1.54) is 5.71 Å². The van der Waals surface area contributed by atoms with Gasteiger partial charge in [-0.2, -0.15) is 0 Å². The molecule has 0 bridgehead atoms. The molecule has 0 aromatic carbocycles. The van der Waals surface area contributed by atoms with Gasteiger partial charge in [0.1, 0.15) is 0 Å². The van der Waals surface area contributed by atoms with Gasteiger partial charge < -0.3 is 11.5 Å². The lowest BCUT2D eigenvalue weighted by Gasteiger charge is -2.40. The number of nitrogens with zero attached hydrogens (tertiary/aromatic N) is 1. The highest BCUT2D eigenvalue weighted by Gasteiger charge is 2.36. The Morgan fingerprint density at radius 1 is 1.16 bits per heavy atom. The first kappa shape index (κ1) is 24.3. The topological polar surface area (TPSA) is 64.4 Å². The molecule has 4 atom stereocenters. The second-order valence-corrected chi connectivity index (χ2v) is 8.99. The quantitative estimate of drug-likeness (QED) is 0.293. The molecule has 0 aromatic heterocycles. The van der Waals surface area contributed by atoms with Crippen LogP contribution >= 0.6 is 0 Å². The molecule has 0 saturated heterocycles. The van der Waals surface area contributed by atoms with Crippen LogP contribution in [-0.4, -0.2) is 24.8 Å². The molecule has 0 rings (SSSR count). The molecule has 3 nitrogen and oxygen atoms in total. The highest BCUT2D eigenvalue weighted by Crippen LogP contribution is 2.40. The predicted octanol–water partition coefficient (Wildman–Crippen LogP) is 5.05. The molecule has 3 heteroatoms. The number of hydrogen-bond acceptors (Lipinski definition) is 3. The lowest BCUT2D eigenvalue weighted by Crippen LogP contribution is -2.38. The Balaban J connectivity index is 5.32. The third-order valence-corrected chi connectivity index (χ3v) is 5.39. The molecule has 4 N–H and O–H groups in total. The van der Waals surface area contributed by atoms with Crippen LogP contribution in [0.3, 0.4) is 0 Å². The predicted molar refractivity (Wildman–Crippen MR) is 114 cm³/mol. The zero-order valence-corrected chi connectivity index (χ0v) is 18.0. The van der Waals surface area contributed by atoms with E-state index in [0.29, 0.717) is 23.7 Å². The highest BCUT2D eigenvalue weighted by molar-refractivity contribution is 5.87. The second-order valence-electron chi connectivity index (χ2n) is 8.99. The third-order valence-electron chi connectivity index (χ3n) is 5.39. The van der Waals surface area contributed by atoms with Gasteiger partial charge in [-0.15, -0.1) is 6.58 Å². The fourth-order valence-electron chi connectivity index (χ4n) is 4.21. The summed E-state index contributed by atoms with van der Waals surface area (Å²) in [6, 6.07) is 0.143. The molecule has 0 aromatic rings. The molecule has 0 aliphatic rings. The minimum atomic E-state index is 0.143. The lowest BCUT2D eigenvalue weighted by molar-refractivity contribution is 0.175. The smallest absolute Gasteiger partial charge is 0.0540 e. The van der Waals surface area contributed by atoms with Crippen molar-refractivity contribution in [2.24, 2.45) is 45.5 Å². The van der Waals surface area contributed by atoms with Crippen molar-refractivity contribution in [3.8, 4) is 0 Å². The SMILES string of the molecule is C=CC(C(C)C)C(C)C(C(CC)=NCC(N)CCCCN)C(C)(C)C. The number of unbranched alkanes of at least 4 members (excludes halogenated alkanes) is 1. The molecule has 0 radical (unpaired) electrons. The van der Waals surface area contributed by atoms with Crippen molar-refractivity contribution in [1.82, 2.24) is 0 Å². The molecular weight excluding hydrogens is 306 g/mol. The van der Waals surface area contributed by atoms with E-state index < -0.39 is 0 Å². The van der Waals surface area contributed by atoms with Crippen LogP contribution in [0.1, 0.15) is 74.1 Å². The highest BCUT2D eigenvalue weighted by atomic mass is 14.8. The maximum absolute atomic E-state index is 6.27. The van der Waals surface area contributed by atoms with Crippen LogP contribution in [-0.2, 0) is 0 Å². The molecular formula is C22H45N3. The van der Waals surface area contributed by atoms with Crippen molar-refractivity contribution in [3.63, 3.8) is 0 Å². The van der Waals surface area contributed by atoms with Gasteiger partial charge in [0, 0.05) is 17.7 Å². The first-order valence-electron chi connectivity index (χ1n) is 10.2. The minimum Gasteiger partial charge on any atom is -0.330 e. The van der Waals surface area contributed by atoms with Crippen LogP contribution in [0.25, 0.3) is 0 Å². The van der Waals surface area contributed by atoms with E-state index in [1.807, 2.05) is 0 Å². The van der Waals surface area contributed by atoms with Crippen molar-refractivity contribution >= 4 is 5.71 Å². The molecule has 148 valence electrons. The summed E-state index contributed by atoms with van der Waals surface area (Å²) in [5.41, 5.74) is 13.3. The Bertz CT molecular complexity index is 393. The summed E-state index contributed by atoms with van der Waals surface area (Å²) < 4.78 is 0. The second kappa shape index (κ2) is 11.9. The zero-order chi connectivity index (χ0) is 19.6. The van der Waals surface area contributed by atoms with Gasteiger partial charge in [-0.1, -0.05) is 61.0 Å². The van der Waals surface area contributed by atoms with E-state index in [9.17, 15) is 0 Å². The van der Waals surface area contributed by atoms with Crippen LogP contribution < -0.4 is 11.5 Å². The Morgan fingerprint density at radius 3 is 2.16 bits per heavy atom. The van der Waals surface area contributed by atoms with Crippen molar-refractivity contribution in [3.05, 3.63) is 12.7 Å². The molecule has 0 fully saturated rings. The third kappa shape index (κ3) is 8.50. The van der Waals surface area contributed by atoms with E-state index in [4.69, 9.17) is 16.5 Å². The largest absolute Gasteiger partial charge is 0.330 e. The van der Waals surface area contributed by atoms with Gasteiger partial charge in [0.2, 0.25) is 0 Å². The molecule has 0 spiro atoms. The van der Waals surface area contributed by atoms with Gasteiger partial charge in [-0.05, 0) is 49.0 Å². The summed E-state index contributed by atoms with van der Waals surface area (Å²) >= 11 is 0. The molecule has 0 amide bonds. The molecule has 4 unspecified atom stereocenters. The summed E-state index contributed by atoms with van der Waals surface area (Å²) in [5.74, 6) is 2.05. The lowest BCUT2D eigenvalue weighted by atomic mass is 9.65. The maximum Gasteiger partial charge on any atom is 0.0540 e. The normalized spacial score (nSPS) is 18.1. The first-order valence-corrected chi connectivity index (χ1v) is 10.2. The molecule has 0 saturated carbocycles. The van der Waals surface area contributed by atoms with Crippen molar-refractivity contribution in [2.45, 2.75) is 80.2 Å². The summed E-state index contributed by atoms with van der Waals surface area (Å²) in [6.45, 7) is 21.8. The van der Waals surface area contributed by atoms with E-state index in [2.05, 4.69) is 61.1 Å². The number of hydrogen-bond donors (Lipinski definition) is 2. The summed E-state index contributed by atoms with van der Waals surface area (Å²) in [4.78, 5) is 5.01. The van der Waals surface area contributed by atoms with Crippen LogP contribution in [0.5, 0.6) is 0 Å². The van der Waals surface area contributed by atoms with Crippen LogP contribution in [0.4, 0.5) is 0 Å². The number of rotatable bonds is 12. The monoisotopic (exact) mass is 351 g/mol. The molecule has 25 heavy (non-hydrogen) atoms. The number of aliphatic imine (C=N–C) groups is 1. The van der Waals surface area contributed by atoms with E-state index >= 15 is 0 Å². The average Bonchev–Trinajstić information content (AvgIpc) is 2.50. The van der Waals surface area contributed by atoms with Crippen LogP contribution in [0.15, 0.2) is 17.6 Å². The van der Waals surface area contributed by atoms with Gasteiger partial charge >= 0.3 is 0 Å². The van der Waals surface area contributed by atoms with Gasteiger partial charge in [0.15, 0.2) is 0 Å². The summed E-state index contributed by atoms with van der Waals surface area (Å²) in [6.07, 6.45) is 6.28. The van der Waals surface area contributed by atoms with Gasteiger partial charge in [0.25, 0.3) is 0 Å². The Hall–Kier alpha value is -0.670. The van der Waals surface area contributed by atoms with Crippen molar-refractivity contribution in [1.29, 1.82) is 0 Å². The Morgan fingerprint density at radius 2 is 1.76 bits per heavy atom. The van der Waals surface area contributed by atoms with Crippen molar-refractivity contribution in [2.75, 3.05) is 13.1 Å². The zero-order valence-electron chi connectivity index (χ0n) is 18.0. The van der Waals surface area contributed by atoms with Gasteiger partial charge in [0.05, 0.1) is 6.54 Å². The fraction of sp³-hybridized carbons (Fsp3) is 0.864. The Labute approximate surface area is 157 Å². The Kier molecular flexibility index (Phi) is 11.5. The van der Waals surface area contributed by atoms with E-state index in [1.54, 1.807) is 0 Å². The summed E-state index contributed by atoms with van der Waals surface area (Å²) in [5, 5.41) is 0. The van der Waals surface area contributed by atoms with E-state index in [-0.39, 0.29) is 11.5 Å². The fourth-order valence-corrected chi connectivity index (χ4v) is 4.21. The van der Waals surface area contributed by atoms with Gasteiger partial charge in [-0.25, -0.2) is 0 Å². The van der Waals surface area contributed by atoms with Crippen LogP contribution in [0.2, 0.25) is 0 Å². The van der Waals surface area contributed by atoms with Crippen LogP contribution in [0, 0.1) is 29.1 Å². The maximum atomic E-state index is 6.27. The van der Waals surface area contributed by atoms with Crippen molar-refractivity contribution < 1.29 is 0 Å².